The van der Waals surface area contributed by atoms with E-state index in [9.17, 15) is 4.79 Å². The van der Waals surface area contributed by atoms with Crippen LogP contribution in [-0.2, 0) is 21.5 Å². The second-order valence-electron chi connectivity index (χ2n) is 9.81. The fraction of sp³-hybridized carbons (Fsp3) is 0.583. The molecule has 2 N–H and O–H groups in total. The van der Waals surface area contributed by atoms with Crippen LogP contribution in [0.5, 0.6) is 0 Å². The molecule has 0 radical (unpaired) electrons. The van der Waals surface area contributed by atoms with Crippen LogP contribution < -0.4 is 5.73 Å². The monoisotopic (exact) mass is 393 g/mol. The van der Waals surface area contributed by atoms with Gasteiger partial charge in [-0.05, 0) is 76.1 Å². The van der Waals surface area contributed by atoms with Crippen LogP contribution >= 0.6 is 0 Å². The summed E-state index contributed by atoms with van der Waals surface area (Å²) in [5, 5.41) is 0. The van der Waals surface area contributed by atoms with E-state index in [1.54, 1.807) is 14.2 Å². The molecule has 0 bridgehead atoms. The Kier molecular flexibility index (Phi) is 4.55. The number of aliphatic imine (C=N–C) groups is 1. The minimum Gasteiger partial charge on any atom is -0.381 e. The van der Waals surface area contributed by atoms with Gasteiger partial charge in [0, 0.05) is 30.6 Å². The third-order valence-corrected chi connectivity index (χ3v) is 6.84. The average Bonchev–Trinajstić information content (AvgIpc) is 3.07. The van der Waals surface area contributed by atoms with Gasteiger partial charge in [-0.2, -0.15) is 0 Å². The molecule has 2 aliphatic carbocycles. The van der Waals surface area contributed by atoms with E-state index in [1.807, 2.05) is 0 Å². The lowest BCUT2D eigenvalue weighted by molar-refractivity contribution is -0.137. The number of nitrogens with zero attached hydrogens (tertiary/aromatic N) is 2. The fourth-order valence-corrected chi connectivity index (χ4v) is 5.26. The normalized spacial score (nSPS) is 31.1. The Labute approximate surface area is 173 Å². The summed E-state index contributed by atoms with van der Waals surface area (Å²) in [7, 11) is 3.50. The topological polar surface area (TPSA) is 67.9 Å². The molecule has 0 saturated heterocycles. The molecule has 2 spiro atoms. The molecule has 154 valence electrons. The Bertz CT molecular complexity index is 939. The van der Waals surface area contributed by atoms with E-state index in [1.165, 1.54) is 10.5 Å². The van der Waals surface area contributed by atoms with E-state index in [-0.39, 0.29) is 22.8 Å². The van der Waals surface area contributed by atoms with Gasteiger partial charge in [0.1, 0.15) is 0 Å². The van der Waals surface area contributed by atoms with E-state index < -0.39 is 5.54 Å². The number of methoxy groups -OCH3 is 1. The first-order valence-electron chi connectivity index (χ1n) is 10.4. The maximum atomic E-state index is 13.6. The van der Waals surface area contributed by atoms with Gasteiger partial charge in [0.15, 0.2) is 11.5 Å². The number of nitrogens with two attached hydrogens (primary N) is 1. The molecule has 1 aromatic carbocycles. The van der Waals surface area contributed by atoms with Crippen LogP contribution in [0, 0.1) is 22.7 Å². The predicted molar refractivity (Wildman–Crippen MR) is 114 cm³/mol. The predicted octanol–water partition coefficient (Wildman–Crippen LogP) is 3.20. The Morgan fingerprint density at radius 3 is 2.52 bits per heavy atom. The Hall–Kier alpha value is -2.32. The number of amides is 1. The van der Waals surface area contributed by atoms with Crippen molar-refractivity contribution in [2.45, 2.75) is 64.5 Å². The van der Waals surface area contributed by atoms with Crippen molar-refractivity contribution in [2.24, 2.45) is 21.6 Å². The van der Waals surface area contributed by atoms with Gasteiger partial charge in [0.05, 0.1) is 6.10 Å². The molecule has 3 aliphatic rings. The Morgan fingerprint density at radius 2 is 1.97 bits per heavy atom. The molecule has 1 atom stereocenters. The van der Waals surface area contributed by atoms with Gasteiger partial charge in [0.25, 0.3) is 5.91 Å². The van der Waals surface area contributed by atoms with Crippen molar-refractivity contribution in [1.82, 2.24) is 4.90 Å². The molecule has 1 amide bonds. The number of likely N-dealkylation sites (N-methyl/N-ethyl adjacent to an activating group) is 1. The first kappa shape index (κ1) is 20.0. The quantitative estimate of drug-likeness (QED) is 0.745. The lowest BCUT2D eigenvalue weighted by Gasteiger charge is -2.45. The van der Waals surface area contributed by atoms with E-state index in [2.05, 4.69) is 50.8 Å². The van der Waals surface area contributed by atoms with Crippen LogP contribution in [0.3, 0.4) is 0 Å². The molecule has 5 heteroatoms. The van der Waals surface area contributed by atoms with E-state index in [0.29, 0.717) is 5.96 Å². The second-order valence-corrected chi connectivity index (χ2v) is 9.81. The lowest BCUT2D eigenvalue weighted by atomic mass is 9.61. The molecule has 1 unspecified atom stereocenters. The summed E-state index contributed by atoms with van der Waals surface area (Å²) in [6.45, 7) is 6.29. The molecule has 0 aromatic heterocycles. The highest BCUT2D eigenvalue weighted by molar-refractivity contribution is 6.08. The summed E-state index contributed by atoms with van der Waals surface area (Å²) in [6.07, 6.45) is 4.79. The molecule has 5 nitrogen and oxygen atoms in total. The summed E-state index contributed by atoms with van der Waals surface area (Å²) in [4.78, 5) is 20.0. The largest absolute Gasteiger partial charge is 0.381 e. The van der Waals surface area contributed by atoms with Crippen molar-refractivity contribution in [3.05, 3.63) is 34.9 Å². The summed E-state index contributed by atoms with van der Waals surface area (Å²) < 4.78 is 5.60. The average molecular weight is 394 g/mol. The highest BCUT2D eigenvalue weighted by Gasteiger charge is 2.66. The zero-order valence-electron chi connectivity index (χ0n) is 18.1. The van der Waals surface area contributed by atoms with Crippen molar-refractivity contribution < 1.29 is 9.53 Å². The standard InChI is InChI=1S/C24H31N3O2/c1-22(2,3)11-8-16-6-7-17-15-23(12-9-18(29-5)10-13-23)24(19(17)14-16)20(28)27(4)21(25)26-24/h6-7,14,18H,9-10,12-13,15H2,1-5H3,(H2,25,26). The number of carbonyl (C=O) groups excluding carboxylic acids is 1. The summed E-state index contributed by atoms with van der Waals surface area (Å²) in [5.41, 5.74) is 8.04. The molecule has 29 heavy (non-hydrogen) atoms. The maximum absolute atomic E-state index is 13.6. The van der Waals surface area contributed by atoms with E-state index >= 15 is 0 Å². The van der Waals surface area contributed by atoms with E-state index in [4.69, 9.17) is 15.5 Å². The summed E-state index contributed by atoms with van der Waals surface area (Å²) in [6, 6.07) is 6.29. The Balaban J connectivity index is 1.85. The van der Waals surface area contributed by atoms with Gasteiger partial charge in [-0.25, -0.2) is 4.99 Å². The number of benzene rings is 1. The van der Waals surface area contributed by atoms with Crippen LogP contribution in [0.15, 0.2) is 23.2 Å². The molecular formula is C24H31N3O2. The zero-order chi connectivity index (χ0) is 21.0. The minimum absolute atomic E-state index is 0.00875. The maximum Gasteiger partial charge on any atom is 0.262 e. The third kappa shape index (κ3) is 2.97. The van der Waals surface area contributed by atoms with Crippen LogP contribution in [0.25, 0.3) is 0 Å². The molecule has 1 aliphatic heterocycles. The van der Waals surface area contributed by atoms with Gasteiger partial charge in [-0.1, -0.05) is 17.9 Å². The van der Waals surface area contributed by atoms with Crippen LogP contribution in [0.1, 0.15) is 63.1 Å². The third-order valence-electron chi connectivity index (χ3n) is 6.84. The fourth-order valence-electron chi connectivity index (χ4n) is 5.26. The molecule has 4 rings (SSSR count). The molecule has 1 saturated carbocycles. The first-order chi connectivity index (χ1) is 13.6. The van der Waals surface area contributed by atoms with Crippen molar-refractivity contribution in [1.29, 1.82) is 0 Å². The zero-order valence-corrected chi connectivity index (χ0v) is 18.1. The number of hydrogen-bond acceptors (Lipinski definition) is 4. The smallest absolute Gasteiger partial charge is 0.262 e. The minimum atomic E-state index is -0.931. The van der Waals surface area contributed by atoms with Gasteiger partial charge in [-0.15, -0.1) is 0 Å². The van der Waals surface area contributed by atoms with Crippen LogP contribution in [0.4, 0.5) is 0 Å². The van der Waals surface area contributed by atoms with Gasteiger partial charge in [0.2, 0.25) is 0 Å². The van der Waals surface area contributed by atoms with E-state index in [0.717, 1.165) is 43.2 Å². The first-order valence-corrected chi connectivity index (χ1v) is 10.4. The molecule has 1 heterocycles. The number of ether oxygens (including phenoxy) is 1. The number of fused-ring (bicyclic) bond motifs is 3. The highest BCUT2D eigenvalue weighted by atomic mass is 16.5. The van der Waals surface area contributed by atoms with Gasteiger partial charge < -0.3 is 10.5 Å². The summed E-state index contributed by atoms with van der Waals surface area (Å²) >= 11 is 0. The molecular weight excluding hydrogens is 362 g/mol. The Morgan fingerprint density at radius 1 is 1.28 bits per heavy atom. The van der Waals surface area contributed by atoms with Gasteiger partial charge in [-0.3, -0.25) is 9.69 Å². The number of guanidine groups is 1. The van der Waals surface area contributed by atoms with Crippen LogP contribution in [-0.4, -0.2) is 37.0 Å². The lowest BCUT2D eigenvalue weighted by Crippen LogP contribution is -2.51. The van der Waals surface area contributed by atoms with Crippen molar-refractivity contribution in [3.63, 3.8) is 0 Å². The number of hydrogen-bond donors (Lipinski definition) is 1. The second kappa shape index (κ2) is 6.60. The van der Waals surface area contributed by atoms with Gasteiger partial charge >= 0.3 is 0 Å². The number of carbonyl (C=O) groups is 1. The SMILES string of the molecule is COC1CCC2(CC1)Cc1ccc(C#CC(C)(C)C)cc1C21N=C(N)N(C)C1=O. The van der Waals surface area contributed by atoms with Crippen molar-refractivity contribution >= 4 is 11.9 Å². The van der Waals surface area contributed by atoms with Crippen molar-refractivity contribution in [2.75, 3.05) is 14.2 Å². The highest BCUT2D eigenvalue weighted by Crippen LogP contribution is 2.61. The number of rotatable bonds is 1. The van der Waals surface area contributed by atoms with Crippen molar-refractivity contribution in [3.8, 4) is 11.8 Å². The summed E-state index contributed by atoms with van der Waals surface area (Å²) in [5.74, 6) is 6.89. The molecule has 1 fully saturated rings. The molecule has 1 aromatic rings. The van der Waals surface area contributed by atoms with Crippen LogP contribution in [0.2, 0.25) is 0 Å².